The summed E-state index contributed by atoms with van der Waals surface area (Å²) in [5, 5.41) is 2.57. The fourth-order valence-corrected chi connectivity index (χ4v) is 3.84. The van der Waals surface area contributed by atoms with Gasteiger partial charge in [0.1, 0.15) is 24.7 Å². The summed E-state index contributed by atoms with van der Waals surface area (Å²) in [5.41, 5.74) is 4.56. The third-order valence-corrected chi connectivity index (χ3v) is 5.69. The molecule has 38 heavy (non-hydrogen) atoms. The number of hydrogen-bond donors (Lipinski definition) is 1. The van der Waals surface area contributed by atoms with Gasteiger partial charge in [-0.1, -0.05) is 91.5 Å². The summed E-state index contributed by atoms with van der Waals surface area (Å²) in [6.45, 7) is 5.72. The number of rotatable bonds is 11. The number of amides is 1. The van der Waals surface area contributed by atoms with Crippen LogP contribution in [-0.4, -0.2) is 35.0 Å². The van der Waals surface area contributed by atoms with Gasteiger partial charge >= 0.3 is 5.97 Å². The van der Waals surface area contributed by atoms with Crippen molar-refractivity contribution in [2.45, 2.75) is 20.0 Å². The highest BCUT2D eigenvalue weighted by Crippen LogP contribution is 2.25. The molecular formula is C31H29N3O4. The summed E-state index contributed by atoms with van der Waals surface area (Å²) >= 11 is 0. The lowest BCUT2D eigenvalue weighted by atomic mass is 10.0. The van der Waals surface area contributed by atoms with Crippen molar-refractivity contribution in [2.75, 3.05) is 13.2 Å². The van der Waals surface area contributed by atoms with E-state index in [0.717, 1.165) is 22.3 Å². The second kappa shape index (κ2) is 13.0. The van der Waals surface area contributed by atoms with Crippen molar-refractivity contribution in [3.05, 3.63) is 120 Å². The highest BCUT2D eigenvalue weighted by molar-refractivity contribution is 5.97. The first-order valence-electron chi connectivity index (χ1n) is 12.4. The van der Waals surface area contributed by atoms with E-state index in [2.05, 4.69) is 34.0 Å². The first kappa shape index (κ1) is 26.3. The number of hydrogen-bond acceptors (Lipinski definition) is 6. The average molecular weight is 508 g/mol. The van der Waals surface area contributed by atoms with Crippen molar-refractivity contribution in [1.29, 1.82) is 0 Å². The molecule has 0 aliphatic heterocycles. The minimum absolute atomic E-state index is 0.0334. The van der Waals surface area contributed by atoms with Crippen molar-refractivity contribution in [1.82, 2.24) is 15.3 Å². The van der Waals surface area contributed by atoms with Gasteiger partial charge in [-0.2, -0.15) is 0 Å². The van der Waals surface area contributed by atoms with Crippen molar-refractivity contribution >= 4 is 18.0 Å². The van der Waals surface area contributed by atoms with Gasteiger partial charge in [-0.25, -0.2) is 9.97 Å². The minimum Gasteiger partial charge on any atom is -0.484 e. The Balaban J connectivity index is 1.61. The second-order valence-corrected chi connectivity index (χ2v) is 8.41. The van der Waals surface area contributed by atoms with E-state index in [1.807, 2.05) is 72.8 Å². The monoisotopic (exact) mass is 507 g/mol. The Labute approximate surface area is 222 Å². The molecule has 0 atom stereocenters. The topological polar surface area (TPSA) is 90.4 Å². The van der Waals surface area contributed by atoms with E-state index < -0.39 is 11.9 Å². The van der Waals surface area contributed by atoms with Crippen LogP contribution in [0.1, 0.15) is 40.1 Å². The molecule has 0 saturated heterocycles. The Morgan fingerprint density at radius 3 is 2.18 bits per heavy atom. The average Bonchev–Trinajstić information content (AvgIpc) is 2.96. The molecule has 0 radical (unpaired) electrons. The molecule has 0 aliphatic rings. The van der Waals surface area contributed by atoms with Crippen LogP contribution in [-0.2, 0) is 22.6 Å². The molecule has 1 N–H and O–H groups in total. The van der Waals surface area contributed by atoms with Gasteiger partial charge in [-0.05, 0) is 35.3 Å². The molecule has 0 aliphatic carbocycles. The lowest BCUT2D eigenvalue weighted by Gasteiger charge is -2.15. The Morgan fingerprint density at radius 1 is 0.868 bits per heavy atom. The van der Waals surface area contributed by atoms with Gasteiger partial charge in [0.05, 0.1) is 6.61 Å². The van der Waals surface area contributed by atoms with Gasteiger partial charge in [-0.15, -0.1) is 0 Å². The van der Waals surface area contributed by atoms with Gasteiger partial charge < -0.3 is 14.8 Å². The van der Waals surface area contributed by atoms with Crippen LogP contribution < -0.4 is 10.1 Å². The van der Waals surface area contributed by atoms with Gasteiger partial charge in [0.15, 0.2) is 11.4 Å². The van der Waals surface area contributed by atoms with E-state index in [9.17, 15) is 9.59 Å². The number of benzene rings is 3. The van der Waals surface area contributed by atoms with Crippen LogP contribution >= 0.6 is 0 Å². The summed E-state index contributed by atoms with van der Waals surface area (Å²) in [6, 6.07) is 27.8. The lowest BCUT2D eigenvalue weighted by Crippen LogP contribution is -2.32. The lowest BCUT2D eigenvalue weighted by molar-refractivity contribution is -0.141. The predicted molar refractivity (Wildman–Crippen MR) is 147 cm³/mol. The number of aromatic nitrogens is 2. The van der Waals surface area contributed by atoms with E-state index in [1.54, 1.807) is 6.92 Å². The van der Waals surface area contributed by atoms with Crippen molar-refractivity contribution in [2.24, 2.45) is 0 Å². The number of carbonyl (C=O) groups excluding carboxylic acids is 2. The zero-order chi connectivity index (χ0) is 26.7. The molecular weight excluding hydrogens is 478 g/mol. The Hall–Kier alpha value is -4.78. The molecule has 0 bridgehead atoms. The molecule has 7 nitrogen and oxygen atoms in total. The number of nitrogens with zero attached hydrogens (tertiary/aromatic N) is 2. The molecule has 1 heterocycles. The zero-order valence-corrected chi connectivity index (χ0v) is 21.2. The molecule has 4 rings (SSSR count). The largest absolute Gasteiger partial charge is 0.484 e. The summed E-state index contributed by atoms with van der Waals surface area (Å²) in [6.07, 6.45) is 1.93. The normalized spacial score (nSPS) is 10.4. The highest BCUT2D eigenvalue weighted by Gasteiger charge is 2.22. The van der Waals surface area contributed by atoms with E-state index in [0.29, 0.717) is 17.9 Å². The molecule has 0 spiro atoms. The molecule has 0 unspecified atom stereocenters. The maximum atomic E-state index is 13.1. The minimum atomic E-state index is -0.563. The molecule has 192 valence electrons. The fraction of sp³-hybridized carbons (Fsp3) is 0.161. The van der Waals surface area contributed by atoms with Crippen LogP contribution in [0.15, 0.2) is 91.5 Å². The zero-order valence-electron chi connectivity index (χ0n) is 21.2. The van der Waals surface area contributed by atoms with Crippen molar-refractivity contribution in [3.8, 4) is 16.9 Å². The van der Waals surface area contributed by atoms with Gasteiger partial charge in [0, 0.05) is 6.42 Å². The summed E-state index contributed by atoms with van der Waals surface area (Å²) in [7, 11) is 0. The van der Waals surface area contributed by atoms with E-state index in [-0.39, 0.29) is 31.2 Å². The predicted octanol–water partition coefficient (Wildman–Crippen LogP) is 5.25. The molecule has 3 aromatic carbocycles. The summed E-state index contributed by atoms with van der Waals surface area (Å²) in [5.74, 6) is -0.467. The molecule has 7 heteroatoms. The van der Waals surface area contributed by atoms with Crippen molar-refractivity contribution in [3.63, 3.8) is 0 Å². The van der Waals surface area contributed by atoms with Crippen LogP contribution in [0, 0.1) is 0 Å². The molecule has 0 fully saturated rings. The second-order valence-electron chi connectivity index (χ2n) is 8.41. The molecule has 0 saturated carbocycles. The van der Waals surface area contributed by atoms with Crippen LogP contribution in [0.4, 0.5) is 0 Å². The maximum Gasteiger partial charge on any atom is 0.325 e. The highest BCUT2D eigenvalue weighted by atomic mass is 16.5. The standard InChI is InChI=1S/C31H29N3O4/c1-3-26-30(38-21-23-11-7-5-8-12-23)29(31(36)32-20-28(35)37-4-2)34-27(33-26)19-22-15-17-25(18-16-22)24-13-9-6-10-14-24/h3,5-18H,1,4,19-21H2,2H3,(H,32,36). The van der Waals surface area contributed by atoms with Gasteiger partial charge in [0.2, 0.25) is 0 Å². The molecule has 4 aromatic rings. The van der Waals surface area contributed by atoms with Gasteiger partial charge in [-0.3, -0.25) is 9.59 Å². The van der Waals surface area contributed by atoms with E-state index in [4.69, 9.17) is 9.47 Å². The van der Waals surface area contributed by atoms with E-state index in [1.165, 1.54) is 6.08 Å². The number of ether oxygens (including phenoxy) is 2. The van der Waals surface area contributed by atoms with Crippen LogP contribution in [0.25, 0.3) is 17.2 Å². The molecule has 1 aromatic heterocycles. The first-order valence-corrected chi connectivity index (χ1v) is 12.4. The quantitative estimate of drug-likeness (QED) is 0.279. The SMILES string of the molecule is C=Cc1nc(Cc2ccc(-c3ccccc3)cc2)nc(C(=O)NCC(=O)OCC)c1OCc1ccccc1. The third kappa shape index (κ3) is 6.91. The van der Waals surface area contributed by atoms with Crippen molar-refractivity contribution < 1.29 is 19.1 Å². The van der Waals surface area contributed by atoms with Crippen LogP contribution in [0.2, 0.25) is 0 Å². The Kier molecular flexibility index (Phi) is 8.97. The van der Waals surface area contributed by atoms with Crippen LogP contribution in [0.5, 0.6) is 5.75 Å². The van der Waals surface area contributed by atoms with Gasteiger partial charge in [0.25, 0.3) is 5.91 Å². The smallest absolute Gasteiger partial charge is 0.325 e. The maximum absolute atomic E-state index is 13.1. The molecule has 1 amide bonds. The summed E-state index contributed by atoms with van der Waals surface area (Å²) in [4.78, 5) is 34.1. The number of nitrogens with one attached hydrogen (secondary N) is 1. The Morgan fingerprint density at radius 2 is 1.53 bits per heavy atom. The van der Waals surface area contributed by atoms with Crippen LogP contribution in [0.3, 0.4) is 0 Å². The first-order chi connectivity index (χ1) is 18.6. The van der Waals surface area contributed by atoms with E-state index >= 15 is 0 Å². The Bertz CT molecular complexity index is 1390. The number of carbonyl (C=O) groups is 2. The third-order valence-electron chi connectivity index (χ3n) is 5.69. The number of esters is 1. The fourth-order valence-electron chi connectivity index (χ4n) is 3.84. The summed E-state index contributed by atoms with van der Waals surface area (Å²) < 4.78 is 10.9.